The standard InChI is InChI=1S/C15H21N/c1-4-10-15(5-2)16(6-3)13-14-11-8-7-9-12-14/h6-12H,3-5,13H2,1-2H3/b15-10+. The van der Waals surface area contributed by atoms with Crippen LogP contribution >= 0.6 is 0 Å². The molecule has 0 aliphatic rings. The van der Waals surface area contributed by atoms with E-state index in [2.05, 4.69) is 55.7 Å². The Bertz CT molecular complexity index is 338. The zero-order valence-electron chi connectivity index (χ0n) is 10.3. The molecule has 1 heteroatoms. The summed E-state index contributed by atoms with van der Waals surface area (Å²) < 4.78 is 0. The van der Waals surface area contributed by atoms with Gasteiger partial charge in [0.1, 0.15) is 0 Å². The van der Waals surface area contributed by atoms with Crippen LogP contribution in [0.15, 0.2) is 54.9 Å². The highest BCUT2D eigenvalue weighted by Crippen LogP contribution is 2.14. The maximum Gasteiger partial charge on any atom is 0.0472 e. The lowest BCUT2D eigenvalue weighted by atomic mass is 10.2. The molecule has 0 spiro atoms. The minimum atomic E-state index is 0.907. The molecule has 0 heterocycles. The van der Waals surface area contributed by atoms with E-state index in [0.717, 1.165) is 19.4 Å². The lowest BCUT2D eigenvalue weighted by Gasteiger charge is -2.22. The second-order valence-corrected chi connectivity index (χ2v) is 3.75. The van der Waals surface area contributed by atoms with Gasteiger partial charge in [-0.25, -0.2) is 0 Å². The molecular formula is C15H21N. The Morgan fingerprint density at radius 2 is 1.94 bits per heavy atom. The van der Waals surface area contributed by atoms with E-state index in [4.69, 9.17) is 0 Å². The van der Waals surface area contributed by atoms with Crippen LogP contribution in [-0.4, -0.2) is 4.90 Å². The summed E-state index contributed by atoms with van der Waals surface area (Å²) in [7, 11) is 0. The minimum Gasteiger partial charge on any atom is -0.348 e. The van der Waals surface area contributed by atoms with Crippen molar-refractivity contribution < 1.29 is 0 Å². The summed E-state index contributed by atoms with van der Waals surface area (Å²) in [5.41, 5.74) is 2.67. The number of hydrogen-bond donors (Lipinski definition) is 0. The first-order valence-corrected chi connectivity index (χ1v) is 5.94. The summed E-state index contributed by atoms with van der Waals surface area (Å²) in [5, 5.41) is 0. The van der Waals surface area contributed by atoms with E-state index >= 15 is 0 Å². The summed E-state index contributed by atoms with van der Waals surface area (Å²) in [4.78, 5) is 2.22. The van der Waals surface area contributed by atoms with Gasteiger partial charge in [0.15, 0.2) is 0 Å². The van der Waals surface area contributed by atoms with Crippen LogP contribution in [0.1, 0.15) is 32.3 Å². The molecule has 1 nitrogen and oxygen atoms in total. The van der Waals surface area contributed by atoms with E-state index in [1.807, 2.05) is 12.3 Å². The van der Waals surface area contributed by atoms with E-state index < -0.39 is 0 Å². The highest BCUT2D eigenvalue weighted by molar-refractivity contribution is 5.17. The molecule has 1 rings (SSSR count). The molecular weight excluding hydrogens is 194 g/mol. The molecule has 0 aliphatic heterocycles. The van der Waals surface area contributed by atoms with Crippen molar-refractivity contribution in [3.8, 4) is 0 Å². The predicted octanol–water partition coefficient (Wildman–Crippen LogP) is 4.34. The zero-order valence-corrected chi connectivity index (χ0v) is 10.3. The first-order chi connectivity index (χ1) is 7.81. The first kappa shape index (κ1) is 12.6. The minimum absolute atomic E-state index is 0.907. The van der Waals surface area contributed by atoms with Crippen LogP contribution in [0.4, 0.5) is 0 Å². The number of rotatable bonds is 6. The lowest BCUT2D eigenvalue weighted by molar-refractivity contribution is 0.443. The molecule has 0 saturated heterocycles. The smallest absolute Gasteiger partial charge is 0.0472 e. The molecule has 1 aromatic rings. The van der Waals surface area contributed by atoms with Crippen LogP contribution in [-0.2, 0) is 6.54 Å². The second kappa shape index (κ2) is 6.89. The van der Waals surface area contributed by atoms with Crippen LogP contribution in [0.25, 0.3) is 0 Å². The van der Waals surface area contributed by atoms with Crippen LogP contribution in [0.2, 0.25) is 0 Å². The predicted molar refractivity (Wildman–Crippen MR) is 70.8 cm³/mol. The largest absolute Gasteiger partial charge is 0.348 e. The highest BCUT2D eigenvalue weighted by atomic mass is 15.1. The molecule has 0 aliphatic carbocycles. The quantitative estimate of drug-likeness (QED) is 0.682. The summed E-state index contributed by atoms with van der Waals surface area (Å²) in [5.74, 6) is 0. The Morgan fingerprint density at radius 3 is 2.44 bits per heavy atom. The van der Waals surface area contributed by atoms with Crippen molar-refractivity contribution in [2.24, 2.45) is 0 Å². The molecule has 0 bridgehead atoms. The SMILES string of the molecule is C=CN(Cc1ccccc1)/C(=C/CC)CC. The van der Waals surface area contributed by atoms with E-state index in [9.17, 15) is 0 Å². The van der Waals surface area contributed by atoms with Crippen LogP contribution < -0.4 is 0 Å². The molecule has 16 heavy (non-hydrogen) atoms. The molecule has 0 atom stereocenters. The number of nitrogens with zero attached hydrogens (tertiary/aromatic N) is 1. The number of allylic oxidation sites excluding steroid dienone is 2. The van der Waals surface area contributed by atoms with Crippen molar-refractivity contribution >= 4 is 0 Å². The third-order valence-electron chi connectivity index (χ3n) is 2.59. The third kappa shape index (κ3) is 3.58. The zero-order chi connectivity index (χ0) is 11.8. The third-order valence-corrected chi connectivity index (χ3v) is 2.59. The maximum absolute atomic E-state index is 3.89. The highest BCUT2D eigenvalue weighted by Gasteiger charge is 2.04. The molecule has 0 fully saturated rings. The van der Waals surface area contributed by atoms with Crippen molar-refractivity contribution in [1.82, 2.24) is 4.90 Å². The Morgan fingerprint density at radius 1 is 1.25 bits per heavy atom. The second-order valence-electron chi connectivity index (χ2n) is 3.75. The van der Waals surface area contributed by atoms with Gasteiger partial charge in [0, 0.05) is 12.2 Å². The Labute approximate surface area is 99.1 Å². The molecule has 0 unspecified atom stereocenters. The van der Waals surface area contributed by atoms with E-state index in [0.29, 0.717) is 0 Å². The fraction of sp³-hybridized carbons (Fsp3) is 0.333. The average Bonchev–Trinajstić information content (AvgIpc) is 2.35. The van der Waals surface area contributed by atoms with E-state index in [1.54, 1.807) is 0 Å². The van der Waals surface area contributed by atoms with Gasteiger partial charge in [0.05, 0.1) is 0 Å². The van der Waals surface area contributed by atoms with Gasteiger partial charge < -0.3 is 4.90 Å². The van der Waals surface area contributed by atoms with Gasteiger partial charge >= 0.3 is 0 Å². The molecule has 0 saturated carbocycles. The summed E-state index contributed by atoms with van der Waals surface area (Å²) in [6.07, 6.45) is 6.30. The van der Waals surface area contributed by atoms with Gasteiger partial charge in [-0.2, -0.15) is 0 Å². The maximum atomic E-state index is 3.89. The molecule has 0 radical (unpaired) electrons. The number of hydrogen-bond acceptors (Lipinski definition) is 1. The van der Waals surface area contributed by atoms with Crippen molar-refractivity contribution in [3.05, 3.63) is 60.4 Å². The molecule has 0 amide bonds. The topological polar surface area (TPSA) is 3.24 Å². The Kier molecular flexibility index (Phi) is 5.41. The Balaban J connectivity index is 2.75. The van der Waals surface area contributed by atoms with Gasteiger partial charge in [-0.15, -0.1) is 0 Å². The Hall–Kier alpha value is -1.50. The fourth-order valence-corrected chi connectivity index (χ4v) is 1.76. The van der Waals surface area contributed by atoms with Crippen molar-refractivity contribution in [2.45, 2.75) is 33.2 Å². The van der Waals surface area contributed by atoms with Crippen molar-refractivity contribution in [3.63, 3.8) is 0 Å². The fourth-order valence-electron chi connectivity index (χ4n) is 1.76. The molecule has 1 aromatic carbocycles. The summed E-state index contributed by atoms with van der Waals surface area (Å²) >= 11 is 0. The van der Waals surface area contributed by atoms with Crippen LogP contribution in [0.3, 0.4) is 0 Å². The van der Waals surface area contributed by atoms with Gasteiger partial charge in [-0.3, -0.25) is 0 Å². The van der Waals surface area contributed by atoms with Crippen molar-refractivity contribution in [2.75, 3.05) is 0 Å². The summed E-state index contributed by atoms with van der Waals surface area (Å²) in [6.45, 7) is 9.15. The molecule has 86 valence electrons. The van der Waals surface area contributed by atoms with Gasteiger partial charge in [0.25, 0.3) is 0 Å². The van der Waals surface area contributed by atoms with Gasteiger partial charge in [-0.05, 0) is 24.6 Å². The average molecular weight is 215 g/mol. The lowest BCUT2D eigenvalue weighted by Crippen LogP contribution is -2.15. The monoisotopic (exact) mass is 215 g/mol. The van der Waals surface area contributed by atoms with Crippen LogP contribution in [0.5, 0.6) is 0 Å². The van der Waals surface area contributed by atoms with Gasteiger partial charge in [-0.1, -0.05) is 56.8 Å². The van der Waals surface area contributed by atoms with Gasteiger partial charge in [0.2, 0.25) is 0 Å². The van der Waals surface area contributed by atoms with E-state index in [-0.39, 0.29) is 0 Å². The summed E-state index contributed by atoms with van der Waals surface area (Å²) in [6, 6.07) is 10.5. The molecule has 0 aromatic heterocycles. The normalized spacial score (nSPS) is 11.2. The van der Waals surface area contributed by atoms with E-state index in [1.165, 1.54) is 11.3 Å². The molecule has 0 N–H and O–H groups in total. The number of benzene rings is 1. The first-order valence-electron chi connectivity index (χ1n) is 5.94. The van der Waals surface area contributed by atoms with Crippen molar-refractivity contribution in [1.29, 1.82) is 0 Å². The van der Waals surface area contributed by atoms with Crippen LogP contribution in [0, 0.1) is 0 Å².